The van der Waals surface area contributed by atoms with Crippen molar-refractivity contribution in [3.8, 4) is 0 Å². The first-order valence-electron chi connectivity index (χ1n) is 5.24. The van der Waals surface area contributed by atoms with Gasteiger partial charge in [-0.25, -0.2) is 4.39 Å². The summed E-state index contributed by atoms with van der Waals surface area (Å²) in [7, 11) is 0. The van der Waals surface area contributed by atoms with E-state index >= 15 is 0 Å². The maximum Gasteiger partial charge on any atom is 0.135 e. The average molecular weight is 240 g/mol. The van der Waals surface area contributed by atoms with E-state index in [1.807, 2.05) is 13.8 Å². The van der Waals surface area contributed by atoms with Gasteiger partial charge in [-0.2, -0.15) is 0 Å². The van der Waals surface area contributed by atoms with E-state index in [2.05, 4.69) is 12.2 Å². The minimum absolute atomic E-state index is 0.0764. The minimum atomic E-state index is -0.385. The fraction of sp³-hybridized carbons (Fsp3) is 0.417. The standard InChI is InChI=1S/C12H17FN2S/c1-4-12(2,3)15-9-7-5-6-8(13)10(9)11(14)16/h5-7,15H,4H2,1-3H3,(H2,14,16). The molecule has 0 aliphatic rings. The van der Waals surface area contributed by atoms with E-state index in [1.54, 1.807) is 12.1 Å². The molecule has 0 aromatic heterocycles. The molecule has 0 unspecified atom stereocenters. The van der Waals surface area contributed by atoms with Crippen LogP contribution in [0.25, 0.3) is 0 Å². The Morgan fingerprint density at radius 3 is 2.62 bits per heavy atom. The number of hydrogen-bond acceptors (Lipinski definition) is 2. The van der Waals surface area contributed by atoms with Gasteiger partial charge in [-0.3, -0.25) is 0 Å². The molecule has 0 saturated heterocycles. The molecule has 1 aromatic rings. The van der Waals surface area contributed by atoms with E-state index in [-0.39, 0.29) is 16.3 Å². The highest BCUT2D eigenvalue weighted by atomic mass is 32.1. The summed E-state index contributed by atoms with van der Waals surface area (Å²) >= 11 is 4.86. The molecule has 88 valence electrons. The first-order chi connectivity index (χ1) is 7.37. The first-order valence-corrected chi connectivity index (χ1v) is 5.64. The van der Waals surface area contributed by atoms with Crippen molar-refractivity contribution in [2.45, 2.75) is 32.7 Å². The van der Waals surface area contributed by atoms with E-state index in [4.69, 9.17) is 18.0 Å². The van der Waals surface area contributed by atoms with Gasteiger partial charge in [0.25, 0.3) is 0 Å². The highest BCUT2D eigenvalue weighted by Crippen LogP contribution is 2.23. The van der Waals surface area contributed by atoms with Crippen molar-refractivity contribution in [2.24, 2.45) is 5.73 Å². The smallest absolute Gasteiger partial charge is 0.135 e. The molecule has 0 atom stereocenters. The Balaban J connectivity index is 3.14. The normalized spacial score (nSPS) is 11.2. The lowest BCUT2D eigenvalue weighted by atomic mass is 10.0. The molecule has 0 spiro atoms. The Hall–Kier alpha value is -1.16. The van der Waals surface area contributed by atoms with Crippen molar-refractivity contribution in [2.75, 3.05) is 5.32 Å². The van der Waals surface area contributed by atoms with Crippen molar-refractivity contribution >= 4 is 22.9 Å². The summed E-state index contributed by atoms with van der Waals surface area (Å²) in [6, 6.07) is 4.79. The van der Waals surface area contributed by atoms with Gasteiger partial charge in [-0.15, -0.1) is 0 Å². The monoisotopic (exact) mass is 240 g/mol. The van der Waals surface area contributed by atoms with Crippen molar-refractivity contribution in [3.05, 3.63) is 29.6 Å². The highest BCUT2D eigenvalue weighted by Gasteiger charge is 2.18. The van der Waals surface area contributed by atoms with Crippen LogP contribution in [0.1, 0.15) is 32.8 Å². The maximum absolute atomic E-state index is 13.6. The molecule has 0 amide bonds. The molecule has 3 N–H and O–H groups in total. The molecular weight excluding hydrogens is 223 g/mol. The summed E-state index contributed by atoms with van der Waals surface area (Å²) in [6.07, 6.45) is 0.917. The predicted octanol–water partition coefficient (Wildman–Crippen LogP) is 3.06. The maximum atomic E-state index is 13.6. The van der Waals surface area contributed by atoms with Crippen LogP contribution in [0.4, 0.5) is 10.1 Å². The number of nitrogens with two attached hydrogens (primary N) is 1. The van der Waals surface area contributed by atoms with Gasteiger partial charge in [-0.1, -0.05) is 25.2 Å². The Labute approximate surface area is 101 Å². The van der Waals surface area contributed by atoms with E-state index in [9.17, 15) is 4.39 Å². The lowest BCUT2D eigenvalue weighted by molar-refractivity contribution is 0.546. The molecule has 0 radical (unpaired) electrons. The van der Waals surface area contributed by atoms with E-state index in [0.717, 1.165) is 6.42 Å². The van der Waals surface area contributed by atoms with Crippen LogP contribution >= 0.6 is 12.2 Å². The number of halogens is 1. The predicted molar refractivity (Wildman–Crippen MR) is 70.3 cm³/mol. The summed E-state index contributed by atoms with van der Waals surface area (Å²) in [5, 5.41) is 3.25. The van der Waals surface area contributed by atoms with Crippen LogP contribution in [0.15, 0.2) is 18.2 Å². The van der Waals surface area contributed by atoms with Crippen molar-refractivity contribution in [3.63, 3.8) is 0 Å². The molecule has 0 saturated carbocycles. The van der Waals surface area contributed by atoms with Crippen molar-refractivity contribution < 1.29 is 4.39 Å². The Morgan fingerprint density at radius 1 is 1.50 bits per heavy atom. The van der Waals surface area contributed by atoms with Crippen LogP contribution in [0.2, 0.25) is 0 Å². The lowest BCUT2D eigenvalue weighted by Gasteiger charge is -2.27. The second-order valence-corrected chi connectivity index (χ2v) is 4.83. The van der Waals surface area contributed by atoms with Crippen LogP contribution in [0.5, 0.6) is 0 Å². The summed E-state index contributed by atoms with van der Waals surface area (Å²) < 4.78 is 13.6. The first kappa shape index (κ1) is 12.9. The number of rotatable bonds is 4. The Morgan fingerprint density at radius 2 is 2.12 bits per heavy atom. The van der Waals surface area contributed by atoms with E-state index in [1.165, 1.54) is 6.07 Å². The van der Waals surface area contributed by atoms with Gasteiger partial charge >= 0.3 is 0 Å². The zero-order valence-electron chi connectivity index (χ0n) is 9.80. The second kappa shape index (κ2) is 4.78. The third-order valence-corrected chi connectivity index (χ3v) is 2.82. The summed E-state index contributed by atoms with van der Waals surface area (Å²) in [5.74, 6) is -0.385. The molecule has 2 nitrogen and oxygen atoms in total. The summed E-state index contributed by atoms with van der Waals surface area (Å²) in [5.41, 5.74) is 6.35. The quantitative estimate of drug-likeness (QED) is 0.794. The number of thiocarbonyl (C=S) groups is 1. The Kier molecular flexibility index (Phi) is 3.86. The van der Waals surface area contributed by atoms with Crippen molar-refractivity contribution in [1.82, 2.24) is 0 Å². The van der Waals surface area contributed by atoms with Gasteiger partial charge in [0.05, 0.1) is 5.56 Å². The highest BCUT2D eigenvalue weighted by molar-refractivity contribution is 7.80. The summed E-state index contributed by atoms with van der Waals surface area (Å²) in [4.78, 5) is 0.0764. The third kappa shape index (κ3) is 2.92. The molecule has 0 aliphatic carbocycles. The molecule has 0 aliphatic heterocycles. The fourth-order valence-electron chi connectivity index (χ4n) is 1.33. The van der Waals surface area contributed by atoms with E-state index in [0.29, 0.717) is 11.3 Å². The molecular formula is C12H17FN2S. The van der Waals surface area contributed by atoms with Crippen LogP contribution in [-0.4, -0.2) is 10.5 Å². The minimum Gasteiger partial charge on any atom is -0.389 e. The molecule has 1 aromatic carbocycles. The third-order valence-electron chi connectivity index (χ3n) is 2.62. The number of hydrogen-bond donors (Lipinski definition) is 2. The lowest BCUT2D eigenvalue weighted by Crippen LogP contribution is -2.31. The molecule has 1 rings (SSSR count). The Bertz CT molecular complexity index is 402. The topological polar surface area (TPSA) is 38.0 Å². The van der Waals surface area contributed by atoms with Gasteiger partial charge in [0, 0.05) is 11.2 Å². The van der Waals surface area contributed by atoms with Gasteiger partial charge in [0.1, 0.15) is 10.8 Å². The second-order valence-electron chi connectivity index (χ2n) is 4.39. The van der Waals surface area contributed by atoms with Gasteiger partial charge in [0.15, 0.2) is 0 Å². The fourth-order valence-corrected chi connectivity index (χ4v) is 1.54. The number of benzene rings is 1. The van der Waals surface area contributed by atoms with Crippen LogP contribution in [-0.2, 0) is 0 Å². The zero-order valence-corrected chi connectivity index (χ0v) is 10.6. The van der Waals surface area contributed by atoms with Gasteiger partial charge in [0.2, 0.25) is 0 Å². The van der Waals surface area contributed by atoms with Gasteiger partial charge < -0.3 is 11.1 Å². The SMILES string of the molecule is CCC(C)(C)Nc1cccc(F)c1C(N)=S. The summed E-state index contributed by atoms with van der Waals surface area (Å²) in [6.45, 7) is 6.15. The average Bonchev–Trinajstić information content (AvgIpc) is 2.16. The van der Waals surface area contributed by atoms with Crippen molar-refractivity contribution in [1.29, 1.82) is 0 Å². The molecule has 0 heterocycles. The molecule has 0 fully saturated rings. The molecule has 4 heteroatoms. The molecule has 16 heavy (non-hydrogen) atoms. The van der Waals surface area contributed by atoms with Crippen LogP contribution < -0.4 is 11.1 Å². The van der Waals surface area contributed by atoms with Gasteiger partial charge in [-0.05, 0) is 32.4 Å². The largest absolute Gasteiger partial charge is 0.389 e. The number of nitrogens with one attached hydrogen (secondary N) is 1. The van der Waals surface area contributed by atoms with Crippen LogP contribution in [0.3, 0.4) is 0 Å². The molecule has 0 bridgehead atoms. The van der Waals surface area contributed by atoms with Crippen LogP contribution in [0, 0.1) is 5.82 Å². The number of anilines is 1. The van der Waals surface area contributed by atoms with E-state index < -0.39 is 0 Å². The zero-order chi connectivity index (χ0) is 12.3.